The third-order valence-electron chi connectivity index (χ3n) is 3.93. The maximum absolute atomic E-state index is 14.3. The molecule has 0 aliphatic carbocycles. The van der Waals surface area contributed by atoms with Gasteiger partial charge in [-0.15, -0.1) is 0 Å². The van der Waals surface area contributed by atoms with Gasteiger partial charge in [0.15, 0.2) is 0 Å². The average Bonchev–Trinajstić information content (AvgIpc) is 2.64. The van der Waals surface area contributed by atoms with Gasteiger partial charge in [0.1, 0.15) is 5.82 Å². The van der Waals surface area contributed by atoms with Gasteiger partial charge in [-0.2, -0.15) is 0 Å². The number of nitrogens with two attached hydrogens (primary N) is 1. The summed E-state index contributed by atoms with van der Waals surface area (Å²) < 4.78 is 14.3. The summed E-state index contributed by atoms with van der Waals surface area (Å²) in [5, 5.41) is 0. The van der Waals surface area contributed by atoms with Crippen molar-refractivity contribution in [3.8, 4) is 0 Å². The Morgan fingerprint density at radius 3 is 2.73 bits per heavy atom. The number of benzene rings is 2. The minimum Gasteiger partial charge on any atom is -0.399 e. The second-order valence-electron chi connectivity index (χ2n) is 5.44. The molecular formula is C18H17FN2S. The van der Waals surface area contributed by atoms with Crippen LogP contribution < -0.4 is 5.73 Å². The van der Waals surface area contributed by atoms with Crippen molar-refractivity contribution in [1.82, 2.24) is 0 Å². The fraction of sp³-hybridized carbons (Fsp3) is 0.222. The normalized spacial score (nSPS) is 17.6. The quantitative estimate of drug-likeness (QED) is 0.673. The fourth-order valence-corrected chi connectivity index (χ4v) is 3.13. The maximum atomic E-state index is 14.3. The van der Waals surface area contributed by atoms with Crippen molar-refractivity contribution >= 4 is 28.5 Å². The van der Waals surface area contributed by atoms with Gasteiger partial charge in [-0.05, 0) is 36.2 Å². The van der Waals surface area contributed by atoms with Gasteiger partial charge >= 0.3 is 0 Å². The van der Waals surface area contributed by atoms with Crippen LogP contribution in [-0.2, 0) is 6.42 Å². The highest BCUT2D eigenvalue weighted by Crippen LogP contribution is 2.26. The molecule has 1 atom stereocenters. The molecule has 0 spiro atoms. The lowest BCUT2D eigenvalue weighted by Crippen LogP contribution is -2.17. The van der Waals surface area contributed by atoms with Gasteiger partial charge in [0.25, 0.3) is 0 Å². The van der Waals surface area contributed by atoms with Crippen LogP contribution in [0.1, 0.15) is 30.0 Å². The summed E-state index contributed by atoms with van der Waals surface area (Å²) in [5.41, 5.74) is 9.65. The van der Waals surface area contributed by atoms with Gasteiger partial charge in [-0.3, -0.25) is 4.99 Å². The van der Waals surface area contributed by atoms with Crippen molar-refractivity contribution in [3.05, 3.63) is 65.0 Å². The van der Waals surface area contributed by atoms with Crippen LogP contribution in [0.25, 0.3) is 0 Å². The molecule has 0 radical (unpaired) electrons. The number of hydrogen-bond donors (Lipinski definition) is 1. The third-order valence-corrected chi connectivity index (χ3v) is 4.34. The molecule has 3 rings (SSSR count). The third kappa shape index (κ3) is 2.66. The van der Waals surface area contributed by atoms with Crippen molar-refractivity contribution < 1.29 is 4.39 Å². The smallest absolute Gasteiger partial charge is 0.132 e. The molecule has 0 fully saturated rings. The van der Waals surface area contributed by atoms with E-state index in [4.69, 9.17) is 22.9 Å². The van der Waals surface area contributed by atoms with Crippen molar-refractivity contribution in [3.63, 3.8) is 0 Å². The molecule has 0 aromatic heterocycles. The topological polar surface area (TPSA) is 38.4 Å². The molecule has 1 unspecified atom stereocenters. The molecule has 2 aromatic carbocycles. The lowest BCUT2D eigenvalue weighted by molar-refractivity contribution is 0.625. The van der Waals surface area contributed by atoms with Crippen molar-refractivity contribution in [1.29, 1.82) is 0 Å². The van der Waals surface area contributed by atoms with Crippen molar-refractivity contribution in [2.24, 2.45) is 4.99 Å². The number of nitrogens with zero attached hydrogens (tertiary/aromatic N) is 1. The van der Waals surface area contributed by atoms with E-state index in [1.165, 1.54) is 6.07 Å². The molecule has 4 heteroatoms. The second kappa shape index (κ2) is 5.97. The Morgan fingerprint density at radius 2 is 2.00 bits per heavy atom. The standard InChI is InChI=1S/C18H17FN2S/c1-2-16-17(22)9-11-7-8-12(20)10-14(11)18(21-16)13-5-3-4-6-15(13)19/h3-8,10,16H,2,9,20H2,1H3. The van der Waals surface area contributed by atoms with E-state index in [-0.39, 0.29) is 11.9 Å². The van der Waals surface area contributed by atoms with Gasteiger partial charge < -0.3 is 5.73 Å². The van der Waals surface area contributed by atoms with E-state index >= 15 is 0 Å². The van der Waals surface area contributed by atoms with E-state index in [1.54, 1.807) is 12.1 Å². The number of rotatable bonds is 2. The molecule has 22 heavy (non-hydrogen) atoms. The minimum atomic E-state index is -0.280. The summed E-state index contributed by atoms with van der Waals surface area (Å²) in [6.07, 6.45) is 1.48. The predicted molar refractivity (Wildman–Crippen MR) is 93.3 cm³/mol. The van der Waals surface area contributed by atoms with Crippen LogP contribution in [0.2, 0.25) is 0 Å². The molecule has 0 saturated carbocycles. The number of anilines is 1. The van der Waals surface area contributed by atoms with Gasteiger partial charge in [-0.25, -0.2) is 4.39 Å². The van der Waals surface area contributed by atoms with Crippen LogP contribution in [0.5, 0.6) is 0 Å². The Labute approximate surface area is 134 Å². The Hall–Kier alpha value is -2.07. The number of fused-ring (bicyclic) bond motifs is 1. The Balaban J connectivity index is 2.26. The molecule has 1 heterocycles. The molecule has 2 nitrogen and oxygen atoms in total. The highest BCUT2D eigenvalue weighted by molar-refractivity contribution is 7.80. The average molecular weight is 312 g/mol. The molecule has 0 saturated heterocycles. The zero-order valence-electron chi connectivity index (χ0n) is 12.3. The summed E-state index contributed by atoms with van der Waals surface area (Å²) in [5.74, 6) is -0.280. The molecule has 0 bridgehead atoms. The molecule has 0 amide bonds. The first-order valence-corrected chi connectivity index (χ1v) is 7.75. The highest BCUT2D eigenvalue weighted by atomic mass is 32.1. The number of nitrogen functional groups attached to an aromatic ring is 1. The highest BCUT2D eigenvalue weighted by Gasteiger charge is 2.23. The lowest BCUT2D eigenvalue weighted by atomic mass is 9.95. The zero-order valence-corrected chi connectivity index (χ0v) is 13.2. The van der Waals surface area contributed by atoms with Crippen molar-refractivity contribution in [2.45, 2.75) is 25.8 Å². The Morgan fingerprint density at radius 1 is 1.23 bits per heavy atom. The van der Waals surface area contributed by atoms with Crippen LogP contribution >= 0.6 is 12.2 Å². The minimum absolute atomic E-state index is 0.0711. The zero-order chi connectivity index (χ0) is 15.7. The first kappa shape index (κ1) is 14.9. The molecule has 1 aliphatic heterocycles. The fourth-order valence-electron chi connectivity index (χ4n) is 2.76. The summed E-state index contributed by atoms with van der Waals surface area (Å²) >= 11 is 5.53. The largest absolute Gasteiger partial charge is 0.399 e. The van der Waals surface area contributed by atoms with Gasteiger partial charge in [-0.1, -0.05) is 37.3 Å². The van der Waals surface area contributed by atoms with Gasteiger partial charge in [0, 0.05) is 28.1 Å². The first-order chi connectivity index (χ1) is 10.6. The number of hydrogen-bond acceptors (Lipinski definition) is 3. The molecule has 2 N–H and O–H groups in total. The van der Waals surface area contributed by atoms with Crippen LogP contribution in [0.4, 0.5) is 10.1 Å². The number of thiocarbonyl (C=S) groups is 1. The lowest BCUT2D eigenvalue weighted by Gasteiger charge is -2.12. The van der Waals surface area contributed by atoms with E-state index < -0.39 is 0 Å². The number of halogens is 1. The Kier molecular flexibility index (Phi) is 4.03. The monoisotopic (exact) mass is 312 g/mol. The van der Waals surface area contributed by atoms with Crippen LogP contribution in [0.3, 0.4) is 0 Å². The molecule has 1 aliphatic rings. The van der Waals surface area contributed by atoms with E-state index in [2.05, 4.69) is 0 Å². The number of aliphatic imine (C=N–C) groups is 1. The van der Waals surface area contributed by atoms with Crippen LogP contribution in [-0.4, -0.2) is 16.6 Å². The summed E-state index contributed by atoms with van der Waals surface area (Å²) in [7, 11) is 0. The van der Waals surface area contributed by atoms with E-state index in [1.807, 2.05) is 31.2 Å². The van der Waals surface area contributed by atoms with E-state index in [9.17, 15) is 4.39 Å². The summed E-state index contributed by atoms with van der Waals surface area (Å²) in [6.45, 7) is 2.05. The van der Waals surface area contributed by atoms with Gasteiger partial charge in [0.2, 0.25) is 0 Å². The summed E-state index contributed by atoms with van der Waals surface area (Å²) in [6, 6.07) is 12.3. The van der Waals surface area contributed by atoms with Crippen molar-refractivity contribution in [2.75, 3.05) is 5.73 Å². The van der Waals surface area contributed by atoms with Gasteiger partial charge in [0.05, 0.1) is 11.8 Å². The first-order valence-electron chi connectivity index (χ1n) is 7.34. The molecular weight excluding hydrogens is 295 g/mol. The van der Waals surface area contributed by atoms with E-state index in [0.717, 1.165) is 22.4 Å². The van der Waals surface area contributed by atoms with Crippen LogP contribution in [0, 0.1) is 5.82 Å². The Bertz CT molecular complexity index is 767. The SMILES string of the molecule is CCC1N=C(c2ccccc2F)c2cc(N)ccc2CC1=S. The maximum Gasteiger partial charge on any atom is 0.132 e. The van der Waals surface area contributed by atoms with E-state index in [0.29, 0.717) is 23.4 Å². The van der Waals surface area contributed by atoms with Crippen LogP contribution in [0.15, 0.2) is 47.5 Å². The predicted octanol–water partition coefficient (Wildman–Crippen LogP) is 3.95. The summed E-state index contributed by atoms with van der Waals surface area (Å²) in [4.78, 5) is 5.66. The molecule has 112 valence electrons. The molecule has 2 aromatic rings. The second-order valence-corrected chi connectivity index (χ2v) is 5.97.